The van der Waals surface area contributed by atoms with Gasteiger partial charge in [-0.3, -0.25) is 4.79 Å². The van der Waals surface area contributed by atoms with E-state index >= 15 is 0 Å². The molecule has 0 spiro atoms. The summed E-state index contributed by atoms with van der Waals surface area (Å²) in [6.07, 6.45) is 0. The minimum Gasteiger partial charge on any atom is -0.416 e. The third-order valence-corrected chi connectivity index (χ3v) is 4.79. The van der Waals surface area contributed by atoms with Gasteiger partial charge in [-0.25, -0.2) is 4.39 Å². The van der Waals surface area contributed by atoms with E-state index in [-0.39, 0.29) is 5.69 Å². The number of hydrogen-bond acceptors (Lipinski definition) is 4. The second-order valence-corrected chi connectivity index (χ2v) is 7.35. The van der Waals surface area contributed by atoms with Crippen LogP contribution in [0.15, 0.2) is 75.6 Å². The van der Waals surface area contributed by atoms with Crippen molar-refractivity contribution in [1.82, 2.24) is 10.2 Å². The Morgan fingerprint density at radius 2 is 1.52 bits per heavy atom. The highest BCUT2D eigenvalue weighted by atomic mass is 79.9. The molecule has 1 N–H and O–H groups in total. The van der Waals surface area contributed by atoms with Crippen LogP contribution in [-0.4, -0.2) is 16.1 Å². The Bertz CT molecular complexity index is 1170. The number of rotatable bonds is 4. The van der Waals surface area contributed by atoms with Crippen LogP contribution < -0.4 is 5.32 Å². The number of anilines is 1. The molecule has 4 aromatic rings. The first-order valence-corrected chi connectivity index (χ1v) is 9.56. The molecular formula is C22H15BrFN3O2. The van der Waals surface area contributed by atoms with E-state index in [1.807, 2.05) is 31.2 Å². The quantitative estimate of drug-likeness (QED) is 0.421. The molecule has 29 heavy (non-hydrogen) atoms. The van der Waals surface area contributed by atoms with Crippen molar-refractivity contribution in [2.75, 3.05) is 5.32 Å². The van der Waals surface area contributed by atoms with Crippen LogP contribution in [0.5, 0.6) is 0 Å². The summed E-state index contributed by atoms with van der Waals surface area (Å²) in [4.78, 5) is 12.4. The summed E-state index contributed by atoms with van der Waals surface area (Å²) in [5.41, 5.74) is 3.16. The summed E-state index contributed by atoms with van der Waals surface area (Å²) in [5.74, 6) is -0.151. The molecular weight excluding hydrogens is 437 g/mol. The van der Waals surface area contributed by atoms with Gasteiger partial charge in [-0.2, -0.15) is 0 Å². The van der Waals surface area contributed by atoms with Gasteiger partial charge in [-0.05, 0) is 61.5 Å². The molecule has 0 aliphatic rings. The number of carbonyl (C=O) groups excluding carboxylic acids is 1. The lowest BCUT2D eigenvalue weighted by atomic mass is 10.1. The van der Waals surface area contributed by atoms with E-state index in [0.29, 0.717) is 27.4 Å². The highest BCUT2D eigenvalue weighted by Gasteiger charge is 2.13. The largest absolute Gasteiger partial charge is 0.416 e. The molecule has 0 saturated carbocycles. The van der Waals surface area contributed by atoms with E-state index in [0.717, 1.165) is 11.1 Å². The monoisotopic (exact) mass is 451 g/mol. The van der Waals surface area contributed by atoms with E-state index < -0.39 is 11.7 Å². The van der Waals surface area contributed by atoms with Gasteiger partial charge in [0.25, 0.3) is 5.91 Å². The first kappa shape index (κ1) is 19.0. The molecule has 1 amide bonds. The first-order chi connectivity index (χ1) is 14.0. The summed E-state index contributed by atoms with van der Waals surface area (Å²) in [6, 6.07) is 18.9. The molecule has 7 heteroatoms. The van der Waals surface area contributed by atoms with Gasteiger partial charge >= 0.3 is 0 Å². The zero-order chi connectivity index (χ0) is 20.4. The normalized spacial score (nSPS) is 10.7. The molecule has 0 atom stereocenters. The number of aromatic nitrogens is 2. The molecule has 5 nitrogen and oxygen atoms in total. The molecule has 0 saturated heterocycles. The molecule has 3 aromatic carbocycles. The van der Waals surface area contributed by atoms with E-state index in [1.165, 1.54) is 12.1 Å². The topological polar surface area (TPSA) is 68.0 Å². The summed E-state index contributed by atoms with van der Waals surface area (Å²) in [6.45, 7) is 2.01. The SMILES string of the molecule is Cc1ccc(-c2nnc(-c3ccc(C(=O)Nc4ccc(Br)cc4F)cc3)o2)cc1. The van der Waals surface area contributed by atoms with Crippen LogP contribution >= 0.6 is 15.9 Å². The lowest BCUT2D eigenvalue weighted by molar-refractivity contribution is 0.102. The number of amides is 1. The average molecular weight is 452 g/mol. The second-order valence-electron chi connectivity index (χ2n) is 6.43. The second kappa shape index (κ2) is 7.97. The predicted octanol–water partition coefficient (Wildman–Crippen LogP) is 5.87. The fraction of sp³-hybridized carbons (Fsp3) is 0.0455. The third-order valence-electron chi connectivity index (χ3n) is 4.30. The van der Waals surface area contributed by atoms with Crippen LogP contribution in [0.2, 0.25) is 0 Å². The maximum absolute atomic E-state index is 13.9. The zero-order valence-corrected chi connectivity index (χ0v) is 16.9. The Hall–Kier alpha value is -3.32. The van der Waals surface area contributed by atoms with Gasteiger partial charge in [-0.15, -0.1) is 10.2 Å². The van der Waals surface area contributed by atoms with Crippen molar-refractivity contribution in [2.45, 2.75) is 6.92 Å². The highest BCUT2D eigenvalue weighted by molar-refractivity contribution is 9.10. The molecule has 0 fully saturated rings. The fourth-order valence-electron chi connectivity index (χ4n) is 2.70. The van der Waals surface area contributed by atoms with E-state index in [1.54, 1.807) is 30.3 Å². The van der Waals surface area contributed by atoms with Crippen LogP contribution in [0.3, 0.4) is 0 Å². The van der Waals surface area contributed by atoms with Crippen LogP contribution in [0, 0.1) is 12.7 Å². The Labute approximate surface area is 174 Å². The minimum absolute atomic E-state index is 0.113. The van der Waals surface area contributed by atoms with Gasteiger partial charge in [0, 0.05) is 21.2 Å². The van der Waals surface area contributed by atoms with Crippen molar-refractivity contribution in [3.8, 4) is 22.9 Å². The van der Waals surface area contributed by atoms with Crippen molar-refractivity contribution in [3.63, 3.8) is 0 Å². The molecule has 0 aliphatic heterocycles. The van der Waals surface area contributed by atoms with Crippen LogP contribution in [0.25, 0.3) is 22.9 Å². The lowest BCUT2D eigenvalue weighted by Gasteiger charge is -2.07. The maximum atomic E-state index is 13.9. The number of carbonyl (C=O) groups is 1. The van der Waals surface area contributed by atoms with Crippen LogP contribution in [0.4, 0.5) is 10.1 Å². The summed E-state index contributed by atoms with van der Waals surface area (Å²) in [7, 11) is 0. The molecule has 0 radical (unpaired) electrons. The molecule has 4 rings (SSSR count). The first-order valence-electron chi connectivity index (χ1n) is 8.77. The Balaban J connectivity index is 1.50. The average Bonchev–Trinajstić information content (AvgIpc) is 3.21. The van der Waals surface area contributed by atoms with Crippen molar-refractivity contribution < 1.29 is 13.6 Å². The Kier molecular flexibility index (Phi) is 5.22. The van der Waals surface area contributed by atoms with Crippen molar-refractivity contribution >= 4 is 27.5 Å². The molecule has 0 aliphatic carbocycles. The Morgan fingerprint density at radius 3 is 2.10 bits per heavy atom. The number of halogens is 2. The molecule has 144 valence electrons. The summed E-state index contributed by atoms with van der Waals surface area (Å²) in [5, 5.41) is 10.7. The molecule has 1 heterocycles. The van der Waals surface area contributed by atoms with Gasteiger partial charge in [0.15, 0.2) is 0 Å². The van der Waals surface area contributed by atoms with Crippen LogP contribution in [0.1, 0.15) is 15.9 Å². The van der Waals surface area contributed by atoms with Crippen molar-refractivity contribution in [3.05, 3.63) is 88.1 Å². The predicted molar refractivity (Wildman–Crippen MR) is 112 cm³/mol. The minimum atomic E-state index is -0.515. The molecule has 0 bridgehead atoms. The standard InChI is InChI=1S/C22H15BrFN3O2/c1-13-2-4-15(5-3-13)21-26-27-22(29-21)16-8-6-14(7-9-16)20(28)25-19-11-10-17(23)12-18(19)24/h2-12H,1H3,(H,25,28). The zero-order valence-electron chi connectivity index (χ0n) is 15.3. The summed E-state index contributed by atoms with van der Waals surface area (Å²) >= 11 is 3.18. The summed E-state index contributed by atoms with van der Waals surface area (Å²) < 4.78 is 20.2. The van der Waals surface area contributed by atoms with Crippen molar-refractivity contribution in [1.29, 1.82) is 0 Å². The van der Waals surface area contributed by atoms with Gasteiger partial charge in [0.05, 0.1) is 5.69 Å². The molecule has 0 unspecified atom stereocenters. The van der Waals surface area contributed by atoms with E-state index in [2.05, 4.69) is 31.4 Å². The van der Waals surface area contributed by atoms with Gasteiger partial charge < -0.3 is 9.73 Å². The number of hydrogen-bond donors (Lipinski definition) is 1. The smallest absolute Gasteiger partial charge is 0.255 e. The Morgan fingerprint density at radius 1 is 0.931 bits per heavy atom. The third kappa shape index (κ3) is 4.25. The number of aryl methyl sites for hydroxylation is 1. The lowest BCUT2D eigenvalue weighted by Crippen LogP contribution is -2.12. The highest BCUT2D eigenvalue weighted by Crippen LogP contribution is 2.25. The van der Waals surface area contributed by atoms with Crippen LogP contribution in [-0.2, 0) is 0 Å². The number of nitrogens with one attached hydrogen (secondary N) is 1. The van der Waals surface area contributed by atoms with Gasteiger partial charge in [0.2, 0.25) is 11.8 Å². The number of nitrogens with zero attached hydrogens (tertiary/aromatic N) is 2. The fourth-order valence-corrected chi connectivity index (χ4v) is 3.04. The van der Waals surface area contributed by atoms with E-state index in [4.69, 9.17) is 4.42 Å². The molecule has 1 aromatic heterocycles. The maximum Gasteiger partial charge on any atom is 0.255 e. The number of benzene rings is 3. The van der Waals surface area contributed by atoms with Gasteiger partial charge in [0.1, 0.15) is 5.82 Å². The van der Waals surface area contributed by atoms with Gasteiger partial charge in [-0.1, -0.05) is 33.6 Å². The van der Waals surface area contributed by atoms with Crippen molar-refractivity contribution in [2.24, 2.45) is 0 Å². The van der Waals surface area contributed by atoms with E-state index in [9.17, 15) is 9.18 Å².